The molecule has 0 bridgehead atoms. The number of amides is 1. The smallest absolute Gasteiger partial charge is 0.272 e. The molecule has 1 saturated heterocycles. The van der Waals surface area contributed by atoms with E-state index in [2.05, 4.69) is 17.2 Å². The van der Waals surface area contributed by atoms with Gasteiger partial charge in [-0.05, 0) is 18.6 Å². The first-order chi connectivity index (χ1) is 9.52. The second-order valence-corrected chi connectivity index (χ2v) is 7.10. The molecule has 1 aromatic heterocycles. The Bertz CT molecular complexity index is 572. The summed E-state index contributed by atoms with van der Waals surface area (Å²) < 4.78 is 22.7. The quantitative estimate of drug-likeness (QED) is 0.888. The number of carbonyl (C=O) groups is 1. The third-order valence-electron chi connectivity index (χ3n) is 3.19. The average Bonchev–Trinajstić information content (AvgIpc) is 2.45. The van der Waals surface area contributed by atoms with Crippen molar-refractivity contribution in [1.29, 1.82) is 0 Å². The highest BCUT2D eigenvalue weighted by atomic mass is 32.2. The standard InChI is InChI=1S/C13H19N3O3S/c1-2-4-14-11-3-5-15-12(10-11)13(17)16-6-8-20(18,19)9-7-16/h3,5,10H,2,4,6-9H2,1H3,(H,14,15). The number of anilines is 1. The van der Waals surface area contributed by atoms with Gasteiger partial charge in [-0.3, -0.25) is 9.78 Å². The minimum Gasteiger partial charge on any atom is -0.385 e. The van der Waals surface area contributed by atoms with Gasteiger partial charge in [-0.25, -0.2) is 8.42 Å². The number of sulfone groups is 1. The number of nitrogens with one attached hydrogen (secondary N) is 1. The normalized spacial score (nSPS) is 17.8. The maximum absolute atomic E-state index is 12.3. The van der Waals surface area contributed by atoms with Crippen LogP contribution in [0.5, 0.6) is 0 Å². The molecule has 7 heteroatoms. The molecule has 0 atom stereocenters. The van der Waals surface area contributed by atoms with Gasteiger partial charge in [0.25, 0.3) is 5.91 Å². The van der Waals surface area contributed by atoms with Crippen LogP contribution in [0.3, 0.4) is 0 Å². The maximum Gasteiger partial charge on any atom is 0.272 e. The summed E-state index contributed by atoms with van der Waals surface area (Å²) in [7, 11) is -2.98. The van der Waals surface area contributed by atoms with Gasteiger partial charge in [0.15, 0.2) is 9.84 Å². The predicted molar refractivity (Wildman–Crippen MR) is 77.6 cm³/mol. The summed E-state index contributed by atoms with van der Waals surface area (Å²) in [5, 5.41) is 3.20. The van der Waals surface area contributed by atoms with Gasteiger partial charge in [0, 0.05) is 31.5 Å². The van der Waals surface area contributed by atoms with Gasteiger partial charge in [0.1, 0.15) is 5.69 Å². The second-order valence-electron chi connectivity index (χ2n) is 4.80. The predicted octanol–water partition coefficient (Wildman–Crippen LogP) is 0.774. The zero-order valence-electron chi connectivity index (χ0n) is 11.5. The van der Waals surface area contributed by atoms with E-state index in [0.717, 1.165) is 18.7 Å². The van der Waals surface area contributed by atoms with Gasteiger partial charge in [0.05, 0.1) is 11.5 Å². The van der Waals surface area contributed by atoms with E-state index in [-0.39, 0.29) is 30.5 Å². The second kappa shape index (κ2) is 6.21. The lowest BCUT2D eigenvalue weighted by Gasteiger charge is -2.26. The first-order valence-electron chi connectivity index (χ1n) is 6.71. The summed E-state index contributed by atoms with van der Waals surface area (Å²) in [6, 6.07) is 3.52. The SMILES string of the molecule is CCCNc1ccnc(C(=O)N2CCS(=O)(=O)CC2)c1. The topological polar surface area (TPSA) is 79.4 Å². The summed E-state index contributed by atoms with van der Waals surface area (Å²) in [6.45, 7) is 3.39. The minimum atomic E-state index is -2.98. The summed E-state index contributed by atoms with van der Waals surface area (Å²) >= 11 is 0. The van der Waals surface area contributed by atoms with E-state index in [1.54, 1.807) is 17.2 Å². The fourth-order valence-corrected chi connectivity index (χ4v) is 3.21. The van der Waals surface area contributed by atoms with Crippen LogP contribution in [0.4, 0.5) is 5.69 Å². The molecule has 1 aromatic rings. The van der Waals surface area contributed by atoms with Crippen molar-refractivity contribution in [3.05, 3.63) is 24.0 Å². The zero-order chi connectivity index (χ0) is 14.6. The van der Waals surface area contributed by atoms with Crippen molar-refractivity contribution in [2.75, 3.05) is 36.5 Å². The van der Waals surface area contributed by atoms with Gasteiger partial charge in [-0.2, -0.15) is 0 Å². The van der Waals surface area contributed by atoms with Crippen molar-refractivity contribution >= 4 is 21.4 Å². The van der Waals surface area contributed by atoms with E-state index in [0.29, 0.717) is 5.69 Å². The molecule has 1 N–H and O–H groups in total. The molecule has 20 heavy (non-hydrogen) atoms. The summed E-state index contributed by atoms with van der Waals surface area (Å²) in [4.78, 5) is 17.9. The molecule has 1 amide bonds. The third kappa shape index (κ3) is 3.69. The third-order valence-corrected chi connectivity index (χ3v) is 4.80. The van der Waals surface area contributed by atoms with Crippen LogP contribution >= 0.6 is 0 Å². The first-order valence-corrected chi connectivity index (χ1v) is 8.53. The number of aromatic nitrogens is 1. The molecule has 0 aromatic carbocycles. The molecule has 0 aliphatic carbocycles. The van der Waals surface area contributed by atoms with Crippen molar-refractivity contribution in [3.63, 3.8) is 0 Å². The average molecular weight is 297 g/mol. The van der Waals surface area contributed by atoms with Crippen LogP contribution in [0.15, 0.2) is 18.3 Å². The number of rotatable bonds is 4. The van der Waals surface area contributed by atoms with Gasteiger partial charge in [-0.15, -0.1) is 0 Å². The van der Waals surface area contributed by atoms with E-state index >= 15 is 0 Å². The lowest BCUT2D eigenvalue weighted by atomic mass is 10.2. The summed E-state index contributed by atoms with van der Waals surface area (Å²) in [6.07, 6.45) is 2.58. The van der Waals surface area contributed by atoms with Crippen molar-refractivity contribution < 1.29 is 13.2 Å². The molecule has 0 spiro atoms. The maximum atomic E-state index is 12.3. The number of pyridine rings is 1. The Morgan fingerprint density at radius 1 is 1.40 bits per heavy atom. The van der Waals surface area contributed by atoms with E-state index in [4.69, 9.17) is 0 Å². The molecular weight excluding hydrogens is 278 g/mol. The monoisotopic (exact) mass is 297 g/mol. The molecule has 6 nitrogen and oxygen atoms in total. The number of carbonyl (C=O) groups excluding carboxylic acids is 1. The number of hydrogen-bond donors (Lipinski definition) is 1. The molecule has 0 radical (unpaired) electrons. The van der Waals surface area contributed by atoms with Crippen molar-refractivity contribution in [3.8, 4) is 0 Å². The van der Waals surface area contributed by atoms with Crippen LogP contribution in [0.2, 0.25) is 0 Å². The molecule has 110 valence electrons. The molecule has 0 unspecified atom stereocenters. The van der Waals surface area contributed by atoms with Crippen molar-refractivity contribution in [2.24, 2.45) is 0 Å². The lowest BCUT2D eigenvalue weighted by Crippen LogP contribution is -2.44. The fourth-order valence-electron chi connectivity index (χ4n) is 2.00. The van der Waals surface area contributed by atoms with Gasteiger partial charge >= 0.3 is 0 Å². The zero-order valence-corrected chi connectivity index (χ0v) is 12.3. The lowest BCUT2D eigenvalue weighted by molar-refractivity contribution is 0.0764. The van der Waals surface area contributed by atoms with Crippen molar-refractivity contribution in [1.82, 2.24) is 9.88 Å². The summed E-state index contributed by atoms with van der Waals surface area (Å²) in [5.41, 5.74) is 1.21. The first kappa shape index (κ1) is 14.8. The van der Waals surface area contributed by atoms with Crippen LogP contribution in [-0.4, -0.2) is 55.3 Å². The Morgan fingerprint density at radius 2 is 2.10 bits per heavy atom. The van der Waals surface area contributed by atoms with Crippen molar-refractivity contribution in [2.45, 2.75) is 13.3 Å². The largest absolute Gasteiger partial charge is 0.385 e. The fraction of sp³-hybridized carbons (Fsp3) is 0.538. The molecule has 2 heterocycles. The Balaban J connectivity index is 2.05. The molecule has 2 rings (SSSR count). The van der Waals surface area contributed by atoms with E-state index in [1.807, 2.05) is 6.07 Å². The Hall–Kier alpha value is -1.63. The van der Waals surface area contributed by atoms with Gasteiger partial charge in [-0.1, -0.05) is 6.92 Å². The highest BCUT2D eigenvalue weighted by molar-refractivity contribution is 7.91. The van der Waals surface area contributed by atoms with Gasteiger partial charge < -0.3 is 10.2 Å². The highest BCUT2D eigenvalue weighted by Gasteiger charge is 2.26. The van der Waals surface area contributed by atoms with E-state index in [9.17, 15) is 13.2 Å². The molecule has 1 aliphatic heterocycles. The number of hydrogen-bond acceptors (Lipinski definition) is 5. The Morgan fingerprint density at radius 3 is 2.75 bits per heavy atom. The molecule has 0 saturated carbocycles. The molecule has 1 fully saturated rings. The Kier molecular flexibility index (Phi) is 4.59. The Labute approximate surface area is 119 Å². The van der Waals surface area contributed by atoms with E-state index < -0.39 is 9.84 Å². The van der Waals surface area contributed by atoms with E-state index in [1.165, 1.54) is 0 Å². The van der Waals surface area contributed by atoms with Crippen LogP contribution in [0, 0.1) is 0 Å². The van der Waals surface area contributed by atoms with Crippen LogP contribution in [0.1, 0.15) is 23.8 Å². The van der Waals surface area contributed by atoms with Crippen LogP contribution in [0.25, 0.3) is 0 Å². The molecular formula is C13H19N3O3S. The minimum absolute atomic E-state index is 0.0342. The summed E-state index contributed by atoms with van der Waals surface area (Å²) in [5.74, 6) is -0.140. The molecule has 1 aliphatic rings. The van der Waals surface area contributed by atoms with Crippen LogP contribution < -0.4 is 5.32 Å². The van der Waals surface area contributed by atoms with Crippen LogP contribution in [-0.2, 0) is 9.84 Å². The number of nitrogens with zero attached hydrogens (tertiary/aromatic N) is 2. The highest BCUT2D eigenvalue weighted by Crippen LogP contribution is 2.12. The van der Waals surface area contributed by atoms with Gasteiger partial charge in [0.2, 0.25) is 0 Å².